The molecule has 16 heavy (non-hydrogen) atoms. The van der Waals surface area contributed by atoms with Crippen LogP contribution >= 0.6 is 0 Å². The van der Waals surface area contributed by atoms with Crippen LogP contribution in [0.5, 0.6) is 0 Å². The third-order valence-electron chi connectivity index (χ3n) is 2.99. The second-order valence-electron chi connectivity index (χ2n) is 4.79. The van der Waals surface area contributed by atoms with Crippen molar-refractivity contribution in [2.75, 3.05) is 13.1 Å². The van der Waals surface area contributed by atoms with Gasteiger partial charge in [0.15, 0.2) is 0 Å². The van der Waals surface area contributed by atoms with Crippen molar-refractivity contribution >= 4 is 0 Å². The van der Waals surface area contributed by atoms with Gasteiger partial charge < -0.3 is 11.1 Å². The molecule has 0 aliphatic heterocycles. The SMILES string of the molecule is Cc1cc(C)c(CCNCC(C)N)cc1C. The van der Waals surface area contributed by atoms with Crippen LogP contribution in [-0.4, -0.2) is 19.1 Å². The van der Waals surface area contributed by atoms with E-state index in [9.17, 15) is 0 Å². The number of nitrogens with one attached hydrogen (secondary N) is 1. The van der Waals surface area contributed by atoms with Gasteiger partial charge in [0.05, 0.1) is 0 Å². The van der Waals surface area contributed by atoms with Gasteiger partial charge in [-0.15, -0.1) is 0 Å². The molecule has 1 aromatic carbocycles. The second kappa shape index (κ2) is 6.02. The summed E-state index contributed by atoms with van der Waals surface area (Å²) >= 11 is 0. The summed E-state index contributed by atoms with van der Waals surface area (Å²) in [6.07, 6.45) is 1.08. The molecule has 0 amide bonds. The Morgan fingerprint density at radius 2 is 1.75 bits per heavy atom. The van der Waals surface area contributed by atoms with Gasteiger partial charge in [0.25, 0.3) is 0 Å². The molecule has 3 N–H and O–H groups in total. The predicted molar refractivity (Wildman–Crippen MR) is 70.9 cm³/mol. The summed E-state index contributed by atoms with van der Waals surface area (Å²) in [5.41, 5.74) is 11.3. The zero-order chi connectivity index (χ0) is 12.1. The zero-order valence-corrected chi connectivity index (χ0v) is 10.9. The Hall–Kier alpha value is -0.860. The van der Waals surface area contributed by atoms with Gasteiger partial charge >= 0.3 is 0 Å². The molecule has 1 rings (SSSR count). The van der Waals surface area contributed by atoms with E-state index in [1.54, 1.807) is 0 Å². The first-order valence-corrected chi connectivity index (χ1v) is 6.03. The molecule has 0 bridgehead atoms. The third kappa shape index (κ3) is 3.95. The van der Waals surface area contributed by atoms with Crippen molar-refractivity contribution in [3.8, 4) is 0 Å². The van der Waals surface area contributed by atoms with Crippen molar-refractivity contribution in [2.45, 2.75) is 40.2 Å². The molecule has 0 saturated carbocycles. The molecule has 2 heteroatoms. The minimum absolute atomic E-state index is 0.237. The maximum atomic E-state index is 5.68. The van der Waals surface area contributed by atoms with Crippen LogP contribution in [0.1, 0.15) is 29.2 Å². The van der Waals surface area contributed by atoms with Crippen LogP contribution in [0, 0.1) is 20.8 Å². The largest absolute Gasteiger partial charge is 0.327 e. The lowest BCUT2D eigenvalue weighted by Gasteiger charge is -2.11. The molecule has 0 aliphatic carbocycles. The average Bonchev–Trinajstić information content (AvgIpc) is 2.19. The molecule has 1 aromatic rings. The van der Waals surface area contributed by atoms with Crippen LogP contribution in [0.25, 0.3) is 0 Å². The van der Waals surface area contributed by atoms with Gasteiger partial charge in [0, 0.05) is 12.6 Å². The standard InChI is InChI=1S/C14H24N2/c1-10-7-12(3)14(8-11(10)2)5-6-16-9-13(4)15/h7-8,13,16H,5-6,9,15H2,1-4H3. The lowest BCUT2D eigenvalue weighted by Crippen LogP contribution is -2.32. The van der Waals surface area contributed by atoms with Crippen LogP contribution in [0.2, 0.25) is 0 Å². The molecule has 0 heterocycles. The molecule has 0 radical (unpaired) electrons. The number of nitrogens with two attached hydrogens (primary N) is 1. The van der Waals surface area contributed by atoms with E-state index in [1.807, 2.05) is 6.92 Å². The van der Waals surface area contributed by atoms with E-state index in [0.717, 1.165) is 19.5 Å². The Kier molecular flexibility index (Phi) is 4.97. The van der Waals surface area contributed by atoms with Crippen molar-refractivity contribution in [3.05, 3.63) is 34.4 Å². The van der Waals surface area contributed by atoms with Crippen molar-refractivity contribution < 1.29 is 0 Å². The first kappa shape index (κ1) is 13.2. The van der Waals surface area contributed by atoms with E-state index in [4.69, 9.17) is 5.73 Å². The molecule has 0 spiro atoms. The normalized spacial score (nSPS) is 12.8. The number of rotatable bonds is 5. The van der Waals surface area contributed by atoms with Crippen molar-refractivity contribution in [3.63, 3.8) is 0 Å². The van der Waals surface area contributed by atoms with Crippen LogP contribution in [-0.2, 0) is 6.42 Å². The second-order valence-corrected chi connectivity index (χ2v) is 4.79. The molecular weight excluding hydrogens is 196 g/mol. The number of benzene rings is 1. The molecular formula is C14H24N2. The fourth-order valence-electron chi connectivity index (χ4n) is 1.84. The van der Waals surface area contributed by atoms with Gasteiger partial charge in [-0.3, -0.25) is 0 Å². The van der Waals surface area contributed by atoms with Crippen LogP contribution in [0.15, 0.2) is 12.1 Å². The third-order valence-corrected chi connectivity index (χ3v) is 2.99. The minimum atomic E-state index is 0.237. The molecule has 0 aliphatic rings. The van der Waals surface area contributed by atoms with Crippen molar-refractivity contribution in [1.29, 1.82) is 0 Å². The highest BCUT2D eigenvalue weighted by molar-refractivity contribution is 5.36. The van der Waals surface area contributed by atoms with Crippen LogP contribution in [0.3, 0.4) is 0 Å². The minimum Gasteiger partial charge on any atom is -0.327 e. The highest BCUT2D eigenvalue weighted by atomic mass is 14.9. The lowest BCUT2D eigenvalue weighted by molar-refractivity contribution is 0.608. The fourth-order valence-corrected chi connectivity index (χ4v) is 1.84. The Balaban J connectivity index is 2.51. The van der Waals surface area contributed by atoms with E-state index < -0.39 is 0 Å². The lowest BCUT2D eigenvalue weighted by atomic mass is 9.99. The summed E-state index contributed by atoms with van der Waals surface area (Å²) in [5.74, 6) is 0. The topological polar surface area (TPSA) is 38.0 Å². The van der Waals surface area contributed by atoms with Gasteiger partial charge in [0.1, 0.15) is 0 Å². The number of hydrogen-bond donors (Lipinski definition) is 2. The molecule has 0 saturated heterocycles. The summed E-state index contributed by atoms with van der Waals surface area (Å²) in [7, 11) is 0. The van der Waals surface area contributed by atoms with Gasteiger partial charge in [-0.25, -0.2) is 0 Å². The maximum absolute atomic E-state index is 5.68. The summed E-state index contributed by atoms with van der Waals surface area (Å²) in [5, 5.41) is 3.37. The summed E-state index contributed by atoms with van der Waals surface area (Å²) in [6, 6.07) is 4.81. The van der Waals surface area contributed by atoms with Gasteiger partial charge in [-0.1, -0.05) is 12.1 Å². The monoisotopic (exact) mass is 220 g/mol. The molecule has 1 atom stereocenters. The molecule has 0 fully saturated rings. The first-order chi connectivity index (χ1) is 7.50. The van der Waals surface area contributed by atoms with Crippen molar-refractivity contribution in [1.82, 2.24) is 5.32 Å². The van der Waals surface area contributed by atoms with Crippen LogP contribution < -0.4 is 11.1 Å². The van der Waals surface area contributed by atoms with E-state index >= 15 is 0 Å². The summed E-state index contributed by atoms with van der Waals surface area (Å²) in [6.45, 7) is 10.4. The Bertz CT molecular complexity index is 343. The predicted octanol–water partition coefficient (Wildman–Crippen LogP) is 2.09. The van der Waals surface area contributed by atoms with Gasteiger partial charge in [-0.2, -0.15) is 0 Å². The van der Waals surface area contributed by atoms with E-state index in [0.29, 0.717) is 0 Å². The molecule has 2 nitrogen and oxygen atoms in total. The smallest absolute Gasteiger partial charge is 0.0136 e. The zero-order valence-electron chi connectivity index (χ0n) is 10.9. The molecule has 90 valence electrons. The summed E-state index contributed by atoms with van der Waals surface area (Å²) < 4.78 is 0. The molecule has 1 unspecified atom stereocenters. The quantitative estimate of drug-likeness (QED) is 0.746. The van der Waals surface area contributed by atoms with E-state index in [2.05, 4.69) is 38.2 Å². The fraction of sp³-hybridized carbons (Fsp3) is 0.571. The highest BCUT2D eigenvalue weighted by Gasteiger charge is 2.01. The Labute approximate surface area is 99.2 Å². The number of hydrogen-bond acceptors (Lipinski definition) is 2. The van der Waals surface area contributed by atoms with Crippen molar-refractivity contribution in [2.24, 2.45) is 5.73 Å². The van der Waals surface area contributed by atoms with Crippen LogP contribution in [0.4, 0.5) is 0 Å². The van der Waals surface area contributed by atoms with Gasteiger partial charge in [-0.05, 0) is 62.9 Å². The average molecular weight is 220 g/mol. The first-order valence-electron chi connectivity index (χ1n) is 6.03. The highest BCUT2D eigenvalue weighted by Crippen LogP contribution is 2.15. The Morgan fingerprint density at radius 1 is 1.12 bits per heavy atom. The van der Waals surface area contributed by atoms with E-state index in [-0.39, 0.29) is 6.04 Å². The van der Waals surface area contributed by atoms with E-state index in [1.165, 1.54) is 22.3 Å². The maximum Gasteiger partial charge on any atom is 0.0136 e. The van der Waals surface area contributed by atoms with Gasteiger partial charge in [0.2, 0.25) is 0 Å². The summed E-state index contributed by atoms with van der Waals surface area (Å²) in [4.78, 5) is 0. The number of aryl methyl sites for hydroxylation is 3. The Morgan fingerprint density at radius 3 is 2.38 bits per heavy atom. The molecule has 0 aromatic heterocycles.